The first kappa shape index (κ1) is 44.1. The molecule has 3 aliphatic heterocycles. The van der Waals surface area contributed by atoms with Crippen LogP contribution in [-0.2, 0) is 48.6 Å². The van der Waals surface area contributed by atoms with Gasteiger partial charge in [0.15, 0.2) is 0 Å². The van der Waals surface area contributed by atoms with Crippen molar-refractivity contribution >= 4 is 56.5 Å². The summed E-state index contributed by atoms with van der Waals surface area (Å²) in [4.78, 5) is 58.4. The van der Waals surface area contributed by atoms with E-state index < -0.39 is 29.6 Å². The van der Waals surface area contributed by atoms with Gasteiger partial charge in [-0.3, -0.25) is 34.4 Å². The van der Waals surface area contributed by atoms with E-state index in [0.717, 1.165) is 62.3 Å². The summed E-state index contributed by atoms with van der Waals surface area (Å²) >= 11 is 1.56. The third-order valence-corrected chi connectivity index (χ3v) is 14.8. The van der Waals surface area contributed by atoms with Gasteiger partial charge >= 0.3 is 5.97 Å². The SMILES string of the molecule is CCO[C@@H]1C2=NC(CS2)c2ccc3c(c2)c(c(-c2cccnc2[C@H](C)OC)n3CC)CC(C)(C)COC(=O)[C@@H]2CCCN(N2)C(=O)[C@H]1NC(=O)[C@@H]1[C@@H](C)[C@H]1c1ccc2c(ccn2C)n1. The lowest BCUT2D eigenvalue weighted by Crippen LogP contribution is -2.63. The molecule has 64 heavy (non-hydrogen) atoms. The van der Waals surface area contributed by atoms with Crippen molar-refractivity contribution in [3.05, 3.63) is 83.4 Å². The lowest BCUT2D eigenvalue weighted by Gasteiger charge is -2.37. The summed E-state index contributed by atoms with van der Waals surface area (Å²) in [5.74, 6) is -0.872. The second kappa shape index (κ2) is 17.7. The van der Waals surface area contributed by atoms with Gasteiger partial charge < -0.3 is 28.7 Å². The molecule has 15 heteroatoms. The van der Waals surface area contributed by atoms with Crippen LogP contribution in [-0.4, -0.2) is 97.7 Å². The zero-order valence-corrected chi connectivity index (χ0v) is 38.9. The smallest absolute Gasteiger partial charge is 0.324 e. The van der Waals surface area contributed by atoms with Crippen LogP contribution in [0.25, 0.3) is 33.2 Å². The number of aryl methyl sites for hydroxylation is 2. The van der Waals surface area contributed by atoms with Crippen molar-refractivity contribution in [1.29, 1.82) is 0 Å². The highest BCUT2D eigenvalue weighted by molar-refractivity contribution is 8.14. The maximum Gasteiger partial charge on any atom is 0.324 e. The average Bonchev–Trinajstić information content (AvgIpc) is 3.58. The van der Waals surface area contributed by atoms with Crippen LogP contribution in [0.4, 0.5) is 0 Å². The number of carbonyl (C=O) groups is 3. The van der Waals surface area contributed by atoms with E-state index >= 15 is 0 Å². The number of cyclic esters (lactones) is 1. The van der Waals surface area contributed by atoms with E-state index in [0.29, 0.717) is 36.6 Å². The van der Waals surface area contributed by atoms with Gasteiger partial charge in [-0.15, -0.1) is 11.8 Å². The van der Waals surface area contributed by atoms with Crippen molar-refractivity contribution in [2.24, 2.45) is 29.3 Å². The predicted molar refractivity (Wildman–Crippen MR) is 249 cm³/mol. The lowest BCUT2D eigenvalue weighted by molar-refractivity contribution is -0.156. The molecule has 2 fully saturated rings. The maximum absolute atomic E-state index is 14.9. The van der Waals surface area contributed by atoms with Crippen molar-refractivity contribution in [3.63, 3.8) is 0 Å². The predicted octanol–water partition coefficient (Wildman–Crippen LogP) is 7.06. The van der Waals surface area contributed by atoms with Crippen LogP contribution in [0.15, 0.2) is 65.9 Å². The number of pyridine rings is 2. The molecule has 338 valence electrons. The highest BCUT2D eigenvalue weighted by atomic mass is 32.2. The van der Waals surface area contributed by atoms with Gasteiger partial charge in [0.2, 0.25) is 5.91 Å². The lowest BCUT2D eigenvalue weighted by atomic mass is 9.84. The summed E-state index contributed by atoms with van der Waals surface area (Å²) in [6.07, 6.45) is 4.36. The van der Waals surface area contributed by atoms with E-state index in [2.05, 4.69) is 67.3 Å². The minimum Gasteiger partial charge on any atom is -0.464 e. The Labute approximate surface area is 378 Å². The van der Waals surface area contributed by atoms with E-state index in [1.54, 1.807) is 18.9 Å². The number of carbonyl (C=O) groups excluding carboxylic acids is 3. The number of ether oxygens (including phenoxy) is 3. The van der Waals surface area contributed by atoms with E-state index in [-0.39, 0.29) is 54.9 Å². The molecule has 2 N–H and O–H groups in total. The zero-order chi connectivity index (χ0) is 45.0. The molecule has 14 nitrogen and oxygen atoms in total. The van der Waals surface area contributed by atoms with Crippen molar-refractivity contribution in [3.8, 4) is 11.3 Å². The molecular formula is C49H60N8O6S. The van der Waals surface area contributed by atoms with Crippen LogP contribution in [0.2, 0.25) is 0 Å². The Hall–Kier alpha value is -5.09. The van der Waals surface area contributed by atoms with E-state index in [4.69, 9.17) is 29.2 Å². The molecule has 1 aromatic carbocycles. The number of nitrogens with one attached hydrogen (secondary N) is 2. The van der Waals surface area contributed by atoms with Gasteiger partial charge in [-0.05, 0) is 99.5 Å². The molecule has 4 aromatic heterocycles. The number of aromatic nitrogens is 4. The standard InChI is InChI=1S/C49H60N8O6S/c1-9-56-37-17-15-29-23-31(37)32(43(56)30-13-11-20-50-41(30)28(4)61-8)24-49(5,6)26-63-48(60)35-14-12-21-57(54-35)47(59)42(44(62-10-2)46-52-36(29)25-64-46)53-45(58)40-27(3)39(40)34-16-18-38-33(51-34)19-22-55(38)7/h11,13,15-20,22-23,27-28,35-36,39-40,42,44,54H,9-10,12,14,21,24-26H2,1-8H3,(H,53,58)/t27-,28-,35-,36?,39-,40+,42-,44-/m0/s1. The Morgan fingerprint density at radius 2 is 1.94 bits per heavy atom. The first-order chi connectivity index (χ1) is 30.8. The summed E-state index contributed by atoms with van der Waals surface area (Å²) < 4.78 is 22.8. The Kier molecular flexibility index (Phi) is 12.2. The van der Waals surface area contributed by atoms with E-state index in [1.807, 2.05) is 62.1 Å². The van der Waals surface area contributed by atoms with Crippen LogP contribution in [0.5, 0.6) is 0 Å². The number of amides is 2. The Balaban J connectivity index is 1.12. The van der Waals surface area contributed by atoms with Gasteiger partial charge in [0, 0.05) is 91.4 Å². The quantitative estimate of drug-likeness (QED) is 0.147. The molecule has 1 aliphatic carbocycles. The molecule has 4 aliphatic rings. The summed E-state index contributed by atoms with van der Waals surface area (Å²) in [7, 11) is 3.69. The van der Waals surface area contributed by atoms with Crippen LogP contribution in [0.1, 0.15) is 95.0 Å². The van der Waals surface area contributed by atoms with Crippen molar-refractivity contribution in [2.45, 2.75) is 104 Å². The van der Waals surface area contributed by atoms with Crippen LogP contribution in [0, 0.1) is 17.3 Å². The second-order valence-corrected chi connectivity index (χ2v) is 19.6. The van der Waals surface area contributed by atoms with Gasteiger partial charge in [0.25, 0.3) is 5.91 Å². The molecule has 2 amide bonds. The molecule has 7 heterocycles. The number of esters is 1. The first-order valence-corrected chi connectivity index (χ1v) is 23.7. The second-order valence-electron chi connectivity index (χ2n) is 18.6. The van der Waals surface area contributed by atoms with Crippen LogP contribution < -0.4 is 10.7 Å². The van der Waals surface area contributed by atoms with Crippen LogP contribution in [0.3, 0.4) is 0 Å². The van der Waals surface area contributed by atoms with Gasteiger partial charge in [-0.25, -0.2) is 5.43 Å². The fraction of sp³-hybridized carbons (Fsp3) is 0.510. The molecule has 1 saturated heterocycles. The fourth-order valence-electron chi connectivity index (χ4n) is 10.1. The highest BCUT2D eigenvalue weighted by Gasteiger charge is 2.55. The average molecular weight is 889 g/mol. The summed E-state index contributed by atoms with van der Waals surface area (Å²) in [6, 6.07) is 14.6. The third-order valence-electron chi connectivity index (χ3n) is 13.6. The number of hydrazine groups is 1. The molecule has 8 atom stereocenters. The summed E-state index contributed by atoms with van der Waals surface area (Å²) in [5.41, 5.74) is 11.7. The Bertz CT molecular complexity index is 2640. The minimum absolute atomic E-state index is 0.0172. The number of hydrogen-bond donors (Lipinski definition) is 2. The normalized spacial score (nSPS) is 26.4. The minimum atomic E-state index is -1.12. The molecule has 0 spiro atoms. The van der Waals surface area contributed by atoms with Gasteiger partial charge in [-0.1, -0.05) is 26.8 Å². The molecule has 5 aromatic rings. The number of hydrogen-bond acceptors (Lipinski definition) is 11. The maximum atomic E-state index is 14.9. The van der Waals surface area contributed by atoms with Crippen molar-refractivity contribution in [2.75, 3.05) is 32.6 Å². The van der Waals surface area contributed by atoms with E-state index in [9.17, 15) is 14.4 Å². The largest absolute Gasteiger partial charge is 0.464 e. The van der Waals surface area contributed by atoms with Gasteiger partial charge in [0.1, 0.15) is 23.2 Å². The molecule has 0 radical (unpaired) electrons. The molecule has 6 bridgehead atoms. The third kappa shape index (κ3) is 8.13. The molecular weight excluding hydrogens is 829 g/mol. The zero-order valence-electron chi connectivity index (χ0n) is 38.1. The monoisotopic (exact) mass is 888 g/mol. The van der Waals surface area contributed by atoms with Crippen molar-refractivity contribution in [1.82, 2.24) is 34.9 Å². The number of fused-ring (bicyclic) bond motifs is 6. The Morgan fingerprint density at radius 3 is 2.72 bits per heavy atom. The van der Waals surface area contributed by atoms with Crippen LogP contribution >= 0.6 is 11.8 Å². The number of rotatable bonds is 9. The summed E-state index contributed by atoms with van der Waals surface area (Å²) in [5, 5.41) is 6.41. The number of methoxy groups -OCH3 is 1. The molecule has 1 unspecified atom stereocenters. The number of nitrogens with zero attached hydrogens (tertiary/aromatic N) is 6. The number of aliphatic imine (C=N–C) groups is 1. The highest BCUT2D eigenvalue weighted by Crippen LogP contribution is 2.53. The van der Waals surface area contributed by atoms with Gasteiger partial charge in [-0.2, -0.15) is 0 Å². The number of thioether (sulfide) groups is 1. The number of benzene rings is 1. The van der Waals surface area contributed by atoms with E-state index in [1.165, 1.54) is 5.01 Å². The first-order valence-electron chi connectivity index (χ1n) is 22.7. The Morgan fingerprint density at radius 1 is 1.12 bits per heavy atom. The van der Waals surface area contributed by atoms with Gasteiger partial charge in [0.05, 0.1) is 41.2 Å². The van der Waals surface area contributed by atoms with Crippen molar-refractivity contribution < 1.29 is 28.6 Å². The molecule has 9 rings (SSSR count). The summed E-state index contributed by atoms with van der Waals surface area (Å²) in [6.45, 7) is 13.9. The molecule has 1 saturated carbocycles. The fourth-order valence-corrected chi connectivity index (χ4v) is 11.3. The topological polar surface area (TPSA) is 154 Å².